The van der Waals surface area contributed by atoms with Gasteiger partial charge in [0.25, 0.3) is 0 Å². The minimum absolute atomic E-state index is 0. The summed E-state index contributed by atoms with van der Waals surface area (Å²) in [6.07, 6.45) is 0.557. The van der Waals surface area contributed by atoms with Gasteiger partial charge in [-0.3, -0.25) is 9.69 Å². The molecule has 1 amide bonds. The highest BCUT2D eigenvalue weighted by Gasteiger charge is 2.65. The van der Waals surface area contributed by atoms with Gasteiger partial charge in [-0.25, -0.2) is 0 Å². The Bertz CT molecular complexity index is 1650. The van der Waals surface area contributed by atoms with E-state index in [1.807, 2.05) is 59.5 Å². The van der Waals surface area contributed by atoms with Crippen LogP contribution in [0.25, 0.3) is 0 Å². The molecule has 6 rings (SSSR count). The van der Waals surface area contributed by atoms with Crippen molar-refractivity contribution >= 4 is 22.9 Å². The Morgan fingerprint density at radius 3 is 1.94 bits per heavy atom. The first-order valence-corrected chi connectivity index (χ1v) is 17.6. The van der Waals surface area contributed by atoms with Gasteiger partial charge in [0.15, 0.2) is 0 Å². The van der Waals surface area contributed by atoms with Crippen LogP contribution in [0.4, 0.5) is 0 Å². The summed E-state index contributed by atoms with van der Waals surface area (Å²) in [6, 6.07) is 36.0. The maximum atomic E-state index is 14.9. The predicted molar refractivity (Wildman–Crippen MR) is 203 cm³/mol. The van der Waals surface area contributed by atoms with Crippen LogP contribution < -0.4 is 9.47 Å². The monoisotopic (exact) mass is 742 g/mol. The largest absolute Gasteiger partial charge is 0.497 e. The second kappa shape index (κ2) is 16.1. The highest BCUT2D eigenvalue weighted by Crippen LogP contribution is 2.60. The number of carbonyl (C=O) groups excluding carboxylic acids is 1. The van der Waals surface area contributed by atoms with Crippen molar-refractivity contribution in [2.24, 2.45) is 11.8 Å². The molecular weight excluding hydrogens is 692 g/mol. The number of carbonyl (C=O) groups is 1. The molecule has 7 nitrogen and oxygen atoms in total. The van der Waals surface area contributed by atoms with Gasteiger partial charge >= 0.3 is 0 Å². The molecule has 266 valence electrons. The van der Waals surface area contributed by atoms with E-state index in [1.54, 1.807) is 32.4 Å². The lowest BCUT2D eigenvalue weighted by Crippen LogP contribution is -2.60. The minimum Gasteiger partial charge on any atom is -0.497 e. The van der Waals surface area contributed by atoms with E-state index in [2.05, 4.69) is 55.1 Å². The average molecular weight is 744 g/mol. The van der Waals surface area contributed by atoms with Gasteiger partial charge in [-0.15, -0.1) is 17.0 Å². The summed E-state index contributed by atoms with van der Waals surface area (Å²) in [5.74, 6) is 0.356. The van der Waals surface area contributed by atoms with Crippen LogP contribution in [-0.4, -0.2) is 78.5 Å². The van der Waals surface area contributed by atoms with Crippen LogP contribution in [-0.2, 0) is 22.2 Å². The van der Waals surface area contributed by atoms with Crippen molar-refractivity contribution in [1.82, 2.24) is 9.80 Å². The van der Waals surface area contributed by atoms with Crippen molar-refractivity contribution in [2.45, 2.75) is 56.3 Å². The molecule has 8 heteroatoms. The van der Waals surface area contributed by atoms with Crippen LogP contribution >= 0.6 is 17.0 Å². The molecule has 4 aromatic carbocycles. The number of hydrogen-bond acceptors (Lipinski definition) is 6. The number of halogens is 1. The highest BCUT2D eigenvalue weighted by atomic mass is 79.9. The van der Waals surface area contributed by atoms with E-state index < -0.39 is 23.0 Å². The summed E-state index contributed by atoms with van der Waals surface area (Å²) in [4.78, 5) is 19.1. The van der Waals surface area contributed by atoms with Gasteiger partial charge in [-0.2, -0.15) is 0 Å². The number of benzene rings is 4. The van der Waals surface area contributed by atoms with Gasteiger partial charge < -0.3 is 24.6 Å². The molecule has 1 saturated heterocycles. The molecule has 0 bridgehead atoms. The van der Waals surface area contributed by atoms with E-state index in [9.17, 15) is 15.0 Å². The third-order valence-electron chi connectivity index (χ3n) is 11.4. The number of methoxy groups -OCH3 is 2. The van der Waals surface area contributed by atoms with Crippen molar-refractivity contribution in [3.05, 3.63) is 131 Å². The standard InChI is InChI=1S/C42H50N2O5.BrH/c1-5-43(6-2)37(24-22-30-16-10-7-11-17-30)40(46)44-28-35-36(29-44)42(47,34-26-33(48-3)23-25-38(34)49-4)39(45)27-41(35,31-18-12-8-13-19-31)32-20-14-9-15-21-32;/h7-21,23,25-26,35-37,39,45,47H,5-6,22,24,27-29H2,1-4H3;1H/t35-,36+,37?,39-,42+;/m1./s1. The molecule has 1 aliphatic heterocycles. The van der Waals surface area contributed by atoms with Crippen LogP contribution in [0.15, 0.2) is 109 Å². The second-order valence-electron chi connectivity index (χ2n) is 13.5. The molecule has 5 atom stereocenters. The Labute approximate surface area is 307 Å². The van der Waals surface area contributed by atoms with Gasteiger partial charge in [0, 0.05) is 30.0 Å². The third kappa shape index (κ3) is 6.71. The van der Waals surface area contributed by atoms with E-state index in [1.165, 1.54) is 5.56 Å². The van der Waals surface area contributed by atoms with E-state index in [-0.39, 0.29) is 41.3 Å². The van der Waals surface area contributed by atoms with Crippen molar-refractivity contribution < 1.29 is 24.5 Å². The number of likely N-dealkylation sites (tertiary alicyclic amines) is 1. The zero-order valence-corrected chi connectivity index (χ0v) is 31.3. The fraction of sp³-hybridized carbons (Fsp3) is 0.405. The van der Waals surface area contributed by atoms with E-state index in [0.717, 1.165) is 30.6 Å². The number of nitrogens with zero attached hydrogens (tertiary/aromatic N) is 2. The summed E-state index contributed by atoms with van der Waals surface area (Å²) in [5, 5.41) is 25.5. The molecule has 0 spiro atoms. The Hall–Kier alpha value is -3.69. The number of rotatable bonds is 12. The zero-order valence-electron chi connectivity index (χ0n) is 29.6. The molecule has 2 N–H and O–H groups in total. The molecule has 1 unspecified atom stereocenters. The van der Waals surface area contributed by atoms with Gasteiger partial charge in [0.05, 0.1) is 26.4 Å². The van der Waals surface area contributed by atoms with Crippen LogP contribution in [0.3, 0.4) is 0 Å². The lowest BCUT2D eigenvalue weighted by molar-refractivity contribution is -0.168. The number of ether oxygens (including phenoxy) is 2. The maximum absolute atomic E-state index is 14.9. The van der Waals surface area contributed by atoms with E-state index in [4.69, 9.17) is 9.47 Å². The number of likely N-dealkylation sites (N-methyl/N-ethyl adjacent to an activating group) is 1. The lowest BCUT2D eigenvalue weighted by atomic mass is 9.51. The molecular formula is C42H51BrN2O5. The number of amides is 1. The Balaban J connectivity index is 0.00000486. The second-order valence-corrected chi connectivity index (χ2v) is 13.5. The fourth-order valence-corrected chi connectivity index (χ4v) is 8.88. The van der Waals surface area contributed by atoms with Crippen molar-refractivity contribution in [2.75, 3.05) is 40.4 Å². The minimum atomic E-state index is -1.72. The normalized spacial score (nSPS) is 23.1. The molecule has 1 saturated carbocycles. The first-order chi connectivity index (χ1) is 23.8. The first kappa shape index (κ1) is 37.6. The quantitative estimate of drug-likeness (QED) is 0.170. The topological polar surface area (TPSA) is 82.5 Å². The smallest absolute Gasteiger partial charge is 0.239 e. The summed E-state index contributed by atoms with van der Waals surface area (Å²) in [5.41, 5.74) is 1.42. The predicted octanol–water partition coefficient (Wildman–Crippen LogP) is 6.64. The van der Waals surface area contributed by atoms with Crippen LogP contribution in [0, 0.1) is 11.8 Å². The molecule has 1 aliphatic carbocycles. The Morgan fingerprint density at radius 1 is 0.840 bits per heavy atom. The fourth-order valence-electron chi connectivity index (χ4n) is 8.88. The maximum Gasteiger partial charge on any atom is 0.239 e. The van der Waals surface area contributed by atoms with Crippen molar-refractivity contribution in [1.29, 1.82) is 0 Å². The van der Waals surface area contributed by atoms with Crippen LogP contribution in [0.5, 0.6) is 11.5 Å². The van der Waals surface area contributed by atoms with E-state index >= 15 is 0 Å². The third-order valence-corrected chi connectivity index (χ3v) is 11.4. The molecule has 0 radical (unpaired) electrons. The van der Waals surface area contributed by atoms with Crippen LogP contribution in [0.2, 0.25) is 0 Å². The number of aryl methyl sites for hydroxylation is 1. The molecule has 2 aliphatic rings. The first-order valence-electron chi connectivity index (χ1n) is 17.6. The van der Waals surface area contributed by atoms with Gasteiger partial charge in [0.2, 0.25) is 5.91 Å². The summed E-state index contributed by atoms with van der Waals surface area (Å²) in [6.45, 7) is 6.46. The molecule has 2 fully saturated rings. The molecule has 4 aromatic rings. The van der Waals surface area contributed by atoms with Gasteiger partial charge in [0.1, 0.15) is 17.1 Å². The zero-order chi connectivity index (χ0) is 34.6. The van der Waals surface area contributed by atoms with E-state index in [0.29, 0.717) is 36.6 Å². The van der Waals surface area contributed by atoms with Crippen molar-refractivity contribution in [3.63, 3.8) is 0 Å². The number of fused-ring (bicyclic) bond motifs is 1. The summed E-state index contributed by atoms with van der Waals surface area (Å²) in [7, 11) is 3.16. The SMILES string of the molecule is Br.CCN(CC)C(CCc1ccccc1)C(=O)N1C[C@@H]2[C@H](C1)[C@@](O)(c1cc(OC)ccc1OC)[C@H](O)CC2(c1ccccc1)c1ccccc1. The lowest BCUT2D eigenvalue weighted by Gasteiger charge is -2.55. The van der Waals surface area contributed by atoms with Gasteiger partial charge in [-0.05, 0) is 73.2 Å². The average Bonchev–Trinajstić information content (AvgIpc) is 3.62. The van der Waals surface area contributed by atoms with Gasteiger partial charge in [-0.1, -0.05) is 105 Å². The Morgan fingerprint density at radius 2 is 1.40 bits per heavy atom. The molecule has 50 heavy (non-hydrogen) atoms. The highest BCUT2D eigenvalue weighted by molar-refractivity contribution is 8.93. The van der Waals surface area contributed by atoms with Crippen LogP contribution in [0.1, 0.15) is 48.9 Å². The summed E-state index contributed by atoms with van der Waals surface area (Å²) >= 11 is 0. The number of hydrogen-bond donors (Lipinski definition) is 2. The summed E-state index contributed by atoms with van der Waals surface area (Å²) < 4.78 is 11.4. The van der Waals surface area contributed by atoms with Crippen molar-refractivity contribution in [3.8, 4) is 11.5 Å². The number of aliphatic hydroxyl groups excluding tert-OH is 1. The molecule has 1 heterocycles. The Kier molecular flexibility index (Phi) is 12.1. The molecule has 0 aromatic heterocycles. The number of aliphatic hydroxyl groups is 2.